The molecule has 102 valence electrons. The van der Waals surface area contributed by atoms with Crippen LogP contribution in [0.2, 0.25) is 0 Å². The van der Waals surface area contributed by atoms with Crippen LogP contribution in [0.5, 0.6) is 0 Å². The molecule has 0 saturated carbocycles. The van der Waals surface area contributed by atoms with Gasteiger partial charge in [-0.25, -0.2) is 8.42 Å². The van der Waals surface area contributed by atoms with E-state index in [1.807, 2.05) is 13.8 Å². The number of sulfonamides is 1. The van der Waals surface area contributed by atoms with E-state index in [0.717, 1.165) is 12.0 Å². The standard InChI is InChI=1S/C13H21NO3S/c1-4-9-14(10-12(3)15)18(16,17)13-7-5-11(2)6-8-13/h5-8,12,15H,4,9-10H2,1-3H3/t12-/m1/s1. The number of aliphatic hydroxyl groups is 1. The van der Waals surface area contributed by atoms with Gasteiger partial charge in [-0.15, -0.1) is 0 Å². The monoisotopic (exact) mass is 271 g/mol. The van der Waals surface area contributed by atoms with Crippen LogP contribution in [0.1, 0.15) is 25.8 Å². The first-order valence-corrected chi connectivity index (χ1v) is 7.56. The number of hydrogen-bond acceptors (Lipinski definition) is 3. The van der Waals surface area contributed by atoms with Gasteiger partial charge in [-0.1, -0.05) is 24.6 Å². The Morgan fingerprint density at radius 3 is 2.28 bits per heavy atom. The molecular weight excluding hydrogens is 250 g/mol. The maximum absolute atomic E-state index is 12.4. The summed E-state index contributed by atoms with van der Waals surface area (Å²) in [6.45, 7) is 5.97. The van der Waals surface area contributed by atoms with Crippen molar-refractivity contribution in [1.82, 2.24) is 4.31 Å². The predicted octanol–water partition coefficient (Wildman–Crippen LogP) is 1.78. The Hall–Kier alpha value is -0.910. The van der Waals surface area contributed by atoms with Crippen molar-refractivity contribution in [1.29, 1.82) is 0 Å². The van der Waals surface area contributed by atoms with Crippen molar-refractivity contribution in [2.75, 3.05) is 13.1 Å². The summed E-state index contributed by atoms with van der Waals surface area (Å²) in [7, 11) is -3.50. The van der Waals surface area contributed by atoms with Crippen molar-refractivity contribution >= 4 is 10.0 Å². The van der Waals surface area contributed by atoms with E-state index in [1.165, 1.54) is 4.31 Å². The summed E-state index contributed by atoms with van der Waals surface area (Å²) >= 11 is 0. The molecule has 1 aromatic rings. The van der Waals surface area contributed by atoms with Gasteiger partial charge in [-0.05, 0) is 32.4 Å². The number of aliphatic hydroxyl groups excluding tert-OH is 1. The van der Waals surface area contributed by atoms with E-state index in [0.29, 0.717) is 6.54 Å². The lowest BCUT2D eigenvalue weighted by Crippen LogP contribution is -2.37. The van der Waals surface area contributed by atoms with E-state index in [-0.39, 0.29) is 11.4 Å². The quantitative estimate of drug-likeness (QED) is 0.858. The van der Waals surface area contributed by atoms with Crippen molar-refractivity contribution in [3.05, 3.63) is 29.8 Å². The largest absolute Gasteiger partial charge is 0.392 e. The lowest BCUT2D eigenvalue weighted by Gasteiger charge is -2.23. The van der Waals surface area contributed by atoms with Crippen LogP contribution in [0.25, 0.3) is 0 Å². The van der Waals surface area contributed by atoms with Crippen LogP contribution in [-0.4, -0.2) is 37.0 Å². The second-order valence-electron chi connectivity index (χ2n) is 4.53. The third kappa shape index (κ3) is 3.80. The summed E-state index contributed by atoms with van der Waals surface area (Å²) in [5.41, 5.74) is 1.02. The van der Waals surface area contributed by atoms with Gasteiger partial charge in [0.2, 0.25) is 10.0 Å². The molecule has 0 aliphatic rings. The minimum Gasteiger partial charge on any atom is -0.392 e. The minimum atomic E-state index is -3.50. The molecule has 0 aliphatic carbocycles. The molecule has 1 atom stereocenters. The fourth-order valence-electron chi connectivity index (χ4n) is 1.71. The Morgan fingerprint density at radius 2 is 1.83 bits per heavy atom. The van der Waals surface area contributed by atoms with Crippen molar-refractivity contribution in [2.24, 2.45) is 0 Å². The zero-order chi connectivity index (χ0) is 13.8. The molecule has 0 fully saturated rings. The SMILES string of the molecule is CCCN(C[C@@H](C)O)S(=O)(=O)c1ccc(C)cc1. The van der Waals surface area contributed by atoms with Gasteiger partial charge in [-0.3, -0.25) is 0 Å². The molecule has 0 unspecified atom stereocenters. The minimum absolute atomic E-state index is 0.129. The van der Waals surface area contributed by atoms with Crippen molar-refractivity contribution in [3.8, 4) is 0 Å². The topological polar surface area (TPSA) is 57.6 Å². The summed E-state index contributed by atoms with van der Waals surface area (Å²) in [6.07, 6.45) is 0.0504. The van der Waals surface area contributed by atoms with E-state index in [4.69, 9.17) is 0 Å². The fourth-order valence-corrected chi connectivity index (χ4v) is 3.33. The molecule has 0 aromatic heterocycles. The van der Waals surface area contributed by atoms with E-state index in [2.05, 4.69) is 0 Å². The first-order chi connectivity index (χ1) is 8.37. The Labute approximate surface area is 109 Å². The molecule has 1 N–H and O–H groups in total. The summed E-state index contributed by atoms with van der Waals surface area (Å²) in [5, 5.41) is 9.40. The van der Waals surface area contributed by atoms with E-state index in [9.17, 15) is 13.5 Å². The highest BCUT2D eigenvalue weighted by molar-refractivity contribution is 7.89. The van der Waals surface area contributed by atoms with Crippen molar-refractivity contribution in [3.63, 3.8) is 0 Å². The number of nitrogens with zero attached hydrogens (tertiary/aromatic N) is 1. The maximum atomic E-state index is 12.4. The van der Waals surface area contributed by atoms with Gasteiger partial charge in [0, 0.05) is 13.1 Å². The van der Waals surface area contributed by atoms with Crippen LogP contribution in [-0.2, 0) is 10.0 Å². The van der Waals surface area contributed by atoms with Gasteiger partial charge in [0.25, 0.3) is 0 Å². The average molecular weight is 271 g/mol. The molecule has 1 aromatic carbocycles. The zero-order valence-electron chi connectivity index (χ0n) is 11.1. The Morgan fingerprint density at radius 1 is 1.28 bits per heavy atom. The van der Waals surface area contributed by atoms with Gasteiger partial charge in [0.1, 0.15) is 0 Å². The molecule has 0 saturated heterocycles. The number of rotatable bonds is 6. The lowest BCUT2D eigenvalue weighted by molar-refractivity contribution is 0.163. The van der Waals surface area contributed by atoms with Crippen LogP contribution in [0, 0.1) is 6.92 Å². The Kier molecular flexibility index (Phi) is 5.31. The number of hydrogen-bond donors (Lipinski definition) is 1. The molecule has 4 nitrogen and oxygen atoms in total. The smallest absolute Gasteiger partial charge is 0.243 e. The molecule has 0 spiro atoms. The highest BCUT2D eigenvalue weighted by Gasteiger charge is 2.24. The highest BCUT2D eigenvalue weighted by Crippen LogP contribution is 2.17. The predicted molar refractivity (Wildman–Crippen MR) is 71.9 cm³/mol. The normalized spacial score (nSPS) is 13.8. The summed E-state index contributed by atoms with van der Waals surface area (Å²) in [5.74, 6) is 0. The maximum Gasteiger partial charge on any atom is 0.243 e. The van der Waals surface area contributed by atoms with Crippen molar-refractivity contribution < 1.29 is 13.5 Å². The molecule has 5 heteroatoms. The van der Waals surface area contributed by atoms with E-state index >= 15 is 0 Å². The van der Waals surface area contributed by atoms with Crippen molar-refractivity contribution in [2.45, 2.75) is 38.2 Å². The summed E-state index contributed by atoms with van der Waals surface area (Å²) in [4.78, 5) is 0.280. The van der Waals surface area contributed by atoms with E-state index < -0.39 is 16.1 Å². The molecular formula is C13H21NO3S. The molecule has 1 rings (SSSR count). The molecule has 0 radical (unpaired) electrons. The average Bonchev–Trinajstić information content (AvgIpc) is 2.28. The van der Waals surface area contributed by atoms with Gasteiger partial charge >= 0.3 is 0 Å². The third-order valence-electron chi connectivity index (χ3n) is 2.60. The lowest BCUT2D eigenvalue weighted by atomic mass is 10.2. The summed E-state index contributed by atoms with van der Waals surface area (Å²) in [6, 6.07) is 6.77. The van der Waals surface area contributed by atoms with Crippen LogP contribution in [0.4, 0.5) is 0 Å². The summed E-state index contributed by atoms with van der Waals surface area (Å²) < 4.78 is 26.1. The molecule has 0 amide bonds. The molecule has 0 bridgehead atoms. The highest BCUT2D eigenvalue weighted by atomic mass is 32.2. The number of benzene rings is 1. The van der Waals surface area contributed by atoms with Gasteiger partial charge in [0.05, 0.1) is 11.0 Å². The van der Waals surface area contributed by atoms with E-state index in [1.54, 1.807) is 31.2 Å². The van der Waals surface area contributed by atoms with Gasteiger partial charge < -0.3 is 5.11 Å². The van der Waals surface area contributed by atoms with Gasteiger partial charge in [0.15, 0.2) is 0 Å². The zero-order valence-corrected chi connectivity index (χ0v) is 11.9. The second-order valence-corrected chi connectivity index (χ2v) is 6.46. The fraction of sp³-hybridized carbons (Fsp3) is 0.538. The van der Waals surface area contributed by atoms with Crippen LogP contribution in [0.3, 0.4) is 0 Å². The van der Waals surface area contributed by atoms with Crippen LogP contribution < -0.4 is 0 Å². The Bertz CT molecular complexity index is 466. The molecule has 18 heavy (non-hydrogen) atoms. The molecule has 0 aliphatic heterocycles. The van der Waals surface area contributed by atoms with Gasteiger partial charge in [-0.2, -0.15) is 4.31 Å². The Balaban J connectivity index is 3.04. The third-order valence-corrected chi connectivity index (χ3v) is 4.48. The van der Waals surface area contributed by atoms with Crippen LogP contribution >= 0.6 is 0 Å². The first-order valence-electron chi connectivity index (χ1n) is 6.12. The number of aryl methyl sites for hydroxylation is 1. The van der Waals surface area contributed by atoms with Crippen LogP contribution in [0.15, 0.2) is 29.2 Å². The second kappa shape index (κ2) is 6.31. The molecule has 0 heterocycles. The first kappa shape index (κ1) is 15.1.